The summed E-state index contributed by atoms with van der Waals surface area (Å²) in [4.78, 5) is 18.9. The van der Waals surface area contributed by atoms with Crippen molar-refractivity contribution in [3.63, 3.8) is 0 Å². The van der Waals surface area contributed by atoms with Crippen LogP contribution in [0.15, 0.2) is 16.7 Å². The molecule has 0 aromatic carbocycles. The third-order valence-electron chi connectivity index (χ3n) is 4.02. The van der Waals surface area contributed by atoms with Crippen LogP contribution >= 0.6 is 23.1 Å². The number of aromatic nitrogens is 4. The van der Waals surface area contributed by atoms with Crippen LogP contribution in [0.1, 0.15) is 31.5 Å². The Kier molecular flexibility index (Phi) is 5.85. The Bertz CT molecular complexity index is 685. The molecule has 0 saturated carbocycles. The van der Waals surface area contributed by atoms with Crippen molar-refractivity contribution in [2.24, 2.45) is 7.05 Å². The van der Waals surface area contributed by atoms with Crippen LogP contribution in [0.4, 0.5) is 5.13 Å². The number of likely N-dealkylation sites (tertiary alicyclic amines) is 1. The first kappa shape index (κ1) is 17.4. The summed E-state index contributed by atoms with van der Waals surface area (Å²) in [6.07, 6.45) is 6.02. The predicted molar refractivity (Wildman–Crippen MR) is 96.6 cm³/mol. The third-order valence-corrected chi connectivity index (χ3v) is 5.87. The minimum atomic E-state index is -0.0281. The molecule has 1 N–H and O–H groups in total. The minimum absolute atomic E-state index is 0.0281. The van der Waals surface area contributed by atoms with Crippen LogP contribution in [0.3, 0.4) is 0 Å². The summed E-state index contributed by atoms with van der Waals surface area (Å²) >= 11 is 3.06. The maximum Gasteiger partial charge on any atom is 0.240 e. The van der Waals surface area contributed by atoms with Crippen molar-refractivity contribution in [3.05, 3.63) is 18.2 Å². The number of piperidine rings is 1. The molecule has 3 heterocycles. The number of hydrogen-bond donors (Lipinski definition) is 1. The van der Waals surface area contributed by atoms with Crippen LogP contribution in [0.25, 0.3) is 0 Å². The van der Waals surface area contributed by atoms with Crippen molar-refractivity contribution < 1.29 is 4.79 Å². The van der Waals surface area contributed by atoms with Crippen molar-refractivity contribution in [2.45, 2.75) is 30.0 Å². The first-order valence-electron chi connectivity index (χ1n) is 8.11. The molecule has 0 unspecified atom stereocenters. The number of amides is 1. The number of nitrogens with one attached hydrogen (secondary N) is 1. The van der Waals surface area contributed by atoms with Gasteiger partial charge < -0.3 is 4.57 Å². The van der Waals surface area contributed by atoms with Gasteiger partial charge in [0, 0.05) is 31.9 Å². The average molecular weight is 367 g/mol. The van der Waals surface area contributed by atoms with Crippen molar-refractivity contribution in [1.29, 1.82) is 0 Å². The van der Waals surface area contributed by atoms with Crippen molar-refractivity contribution >= 4 is 34.1 Å². The highest BCUT2D eigenvalue weighted by Gasteiger charge is 2.25. The van der Waals surface area contributed by atoms with Gasteiger partial charge in [-0.15, -0.1) is 10.2 Å². The second kappa shape index (κ2) is 8.09. The Hall–Kier alpha value is -1.45. The van der Waals surface area contributed by atoms with Gasteiger partial charge in [0.05, 0.1) is 6.54 Å². The number of thioether (sulfide) groups is 1. The molecular formula is C15H22N6OS2. The van der Waals surface area contributed by atoms with E-state index in [0.717, 1.165) is 41.8 Å². The van der Waals surface area contributed by atoms with Crippen LogP contribution in [0.2, 0.25) is 0 Å². The standard InChI is InChI=1S/C15H22N6OS2/c1-3-23-15-19-18-14(24-15)17-12(22)10-21-7-4-5-11(9-21)13-16-6-8-20(13)2/h6,8,11H,3-5,7,9-10H2,1-2H3,(H,17,18,22)/t11-/m1/s1. The molecule has 0 bridgehead atoms. The predicted octanol–water partition coefficient (Wildman–Crippen LogP) is 2.20. The Morgan fingerprint density at radius 1 is 1.50 bits per heavy atom. The van der Waals surface area contributed by atoms with Crippen LogP contribution in [0.5, 0.6) is 0 Å². The summed E-state index contributed by atoms with van der Waals surface area (Å²) in [5.41, 5.74) is 0. The fourth-order valence-corrected chi connectivity index (χ4v) is 4.65. The van der Waals surface area contributed by atoms with Gasteiger partial charge in [-0.05, 0) is 25.1 Å². The summed E-state index contributed by atoms with van der Waals surface area (Å²) in [5.74, 6) is 2.41. The molecule has 0 aliphatic carbocycles. The van der Waals surface area contributed by atoms with E-state index < -0.39 is 0 Å². The lowest BCUT2D eigenvalue weighted by Gasteiger charge is -2.31. The third kappa shape index (κ3) is 4.34. The fraction of sp³-hybridized carbons (Fsp3) is 0.600. The van der Waals surface area contributed by atoms with Gasteiger partial charge in [-0.3, -0.25) is 15.0 Å². The van der Waals surface area contributed by atoms with Gasteiger partial charge in [0.15, 0.2) is 4.34 Å². The maximum absolute atomic E-state index is 12.3. The molecule has 7 nitrogen and oxygen atoms in total. The molecule has 2 aromatic rings. The summed E-state index contributed by atoms with van der Waals surface area (Å²) in [6, 6.07) is 0. The first-order valence-corrected chi connectivity index (χ1v) is 9.91. The van der Waals surface area contributed by atoms with E-state index in [9.17, 15) is 4.79 Å². The van der Waals surface area contributed by atoms with Crippen LogP contribution < -0.4 is 5.32 Å². The zero-order valence-electron chi connectivity index (χ0n) is 13.9. The maximum atomic E-state index is 12.3. The first-order chi connectivity index (χ1) is 11.7. The number of carbonyl (C=O) groups excluding carboxylic acids is 1. The Morgan fingerprint density at radius 2 is 2.38 bits per heavy atom. The number of rotatable bonds is 6. The lowest BCUT2D eigenvalue weighted by molar-refractivity contribution is -0.117. The molecule has 2 aromatic heterocycles. The molecule has 24 heavy (non-hydrogen) atoms. The molecule has 9 heteroatoms. The fourth-order valence-electron chi connectivity index (χ4n) is 2.98. The van der Waals surface area contributed by atoms with Gasteiger partial charge in [-0.2, -0.15) is 0 Å². The average Bonchev–Trinajstić information content (AvgIpc) is 3.17. The zero-order chi connectivity index (χ0) is 16.9. The molecule has 3 rings (SSSR count). The number of hydrogen-bond acceptors (Lipinski definition) is 7. The monoisotopic (exact) mass is 366 g/mol. The van der Waals surface area contributed by atoms with Gasteiger partial charge >= 0.3 is 0 Å². The molecule has 1 aliphatic rings. The highest BCUT2D eigenvalue weighted by molar-refractivity contribution is 8.01. The lowest BCUT2D eigenvalue weighted by Crippen LogP contribution is -2.40. The topological polar surface area (TPSA) is 75.9 Å². The van der Waals surface area contributed by atoms with Crippen LogP contribution in [-0.4, -0.2) is 55.9 Å². The zero-order valence-corrected chi connectivity index (χ0v) is 15.6. The largest absolute Gasteiger partial charge is 0.338 e. The van der Waals surface area contributed by atoms with Gasteiger partial charge in [0.25, 0.3) is 0 Å². The molecule has 1 atom stereocenters. The van der Waals surface area contributed by atoms with E-state index in [1.54, 1.807) is 11.8 Å². The Labute approximate surface area is 149 Å². The van der Waals surface area contributed by atoms with Gasteiger partial charge in [-0.25, -0.2) is 4.98 Å². The summed E-state index contributed by atoms with van der Waals surface area (Å²) in [6.45, 7) is 4.27. The van der Waals surface area contributed by atoms with Crippen molar-refractivity contribution in [3.8, 4) is 0 Å². The molecule has 0 spiro atoms. The van der Waals surface area contributed by atoms with Gasteiger partial charge in [-0.1, -0.05) is 30.0 Å². The normalized spacial score (nSPS) is 18.7. The van der Waals surface area contributed by atoms with E-state index >= 15 is 0 Å². The second-order valence-corrected chi connectivity index (χ2v) is 8.31. The highest BCUT2D eigenvalue weighted by Crippen LogP contribution is 2.26. The minimum Gasteiger partial charge on any atom is -0.338 e. The molecule has 130 valence electrons. The van der Waals surface area contributed by atoms with Crippen molar-refractivity contribution in [2.75, 3.05) is 30.7 Å². The van der Waals surface area contributed by atoms with E-state index in [4.69, 9.17) is 0 Å². The molecular weight excluding hydrogens is 344 g/mol. The quantitative estimate of drug-likeness (QED) is 0.624. The van der Waals surface area contributed by atoms with Crippen LogP contribution in [0, 0.1) is 0 Å². The Morgan fingerprint density at radius 3 is 3.12 bits per heavy atom. The number of imidazole rings is 1. The van der Waals surface area contributed by atoms with E-state index in [1.807, 2.05) is 19.4 Å². The second-order valence-electron chi connectivity index (χ2n) is 5.82. The number of aryl methyl sites for hydroxylation is 1. The lowest BCUT2D eigenvalue weighted by atomic mass is 9.97. The van der Waals surface area contributed by atoms with Crippen molar-refractivity contribution in [1.82, 2.24) is 24.6 Å². The van der Waals surface area contributed by atoms with E-state index in [2.05, 4.69) is 36.9 Å². The molecule has 1 amide bonds. The Balaban J connectivity index is 1.53. The summed E-state index contributed by atoms with van der Waals surface area (Å²) in [7, 11) is 2.02. The van der Waals surface area contributed by atoms with Gasteiger partial charge in [0.2, 0.25) is 11.0 Å². The summed E-state index contributed by atoms with van der Waals surface area (Å²) < 4.78 is 2.96. The summed E-state index contributed by atoms with van der Waals surface area (Å²) in [5, 5.41) is 11.5. The van der Waals surface area contributed by atoms with E-state index in [1.165, 1.54) is 11.3 Å². The van der Waals surface area contributed by atoms with Crippen LogP contribution in [-0.2, 0) is 11.8 Å². The SMILES string of the molecule is CCSc1nnc(NC(=O)CN2CCC[C@@H](c3nccn3C)C2)s1. The molecule has 1 fully saturated rings. The van der Waals surface area contributed by atoms with Gasteiger partial charge in [0.1, 0.15) is 5.82 Å². The number of nitrogens with zero attached hydrogens (tertiary/aromatic N) is 5. The number of carbonyl (C=O) groups is 1. The molecule has 1 aliphatic heterocycles. The molecule has 0 radical (unpaired) electrons. The highest BCUT2D eigenvalue weighted by atomic mass is 32.2. The smallest absolute Gasteiger partial charge is 0.240 e. The van der Waals surface area contributed by atoms with E-state index in [0.29, 0.717) is 17.6 Å². The number of anilines is 1. The molecule has 1 saturated heterocycles. The van der Waals surface area contributed by atoms with E-state index in [-0.39, 0.29) is 5.91 Å².